The molecule has 45 heavy (non-hydrogen) atoms. The summed E-state index contributed by atoms with van der Waals surface area (Å²) in [6, 6.07) is 35.6. The molecule has 0 N–H and O–H groups in total. The fraction of sp³-hybridized carbons (Fsp3) is 0.214. The predicted molar refractivity (Wildman–Crippen MR) is 182 cm³/mol. The molecule has 0 aliphatic heterocycles. The van der Waals surface area contributed by atoms with Gasteiger partial charge in [0.25, 0.3) is 0 Å². The number of rotatable bonds is 9. The van der Waals surface area contributed by atoms with E-state index < -0.39 is 5.41 Å². The molecule has 0 saturated heterocycles. The van der Waals surface area contributed by atoms with Gasteiger partial charge in [-0.1, -0.05) is 99.6 Å². The van der Waals surface area contributed by atoms with Gasteiger partial charge in [0, 0.05) is 52.5 Å². The Kier molecular flexibility index (Phi) is 10.6. The molecule has 0 fully saturated rings. The highest BCUT2D eigenvalue weighted by Gasteiger charge is 2.38. The van der Waals surface area contributed by atoms with Gasteiger partial charge in [-0.2, -0.15) is 5.26 Å². The zero-order chi connectivity index (χ0) is 31.3. The Hall–Kier alpha value is -5.43. The smallest absolute Gasteiger partial charge is 0.0991 e. The van der Waals surface area contributed by atoms with E-state index in [2.05, 4.69) is 114 Å². The van der Waals surface area contributed by atoms with E-state index >= 15 is 0 Å². The fourth-order valence-corrected chi connectivity index (χ4v) is 5.89. The van der Waals surface area contributed by atoms with Crippen LogP contribution >= 0.6 is 0 Å². The number of nitrogens with zero attached hydrogens (tertiary/aromatic N) is 3. The number of aromatic nitrogens is 2. The number of hydrogen-bond donors (Lipinski definition) is 0. The third-order valence-corrected chi connectivity index (χ3v) is 8.46. The molecule has 0 spiro atoms. The van der Waals surface area contributed by atoms with Crippen LogP contribution in [0.15, 0.2) is 122 Å². The first-order valence-corrected chi connectivity index (χ1v) is 15.7. The Morgan fingerprint density at radius 2 is 0.933 bits per heavy atom. The van der Waals surface area contributed by atoms with Gasteiger partial charge in [0.2, 0.25) is 0 Å². The van der Waals surface area contributed by atoms with Crippen LogP contribution in [-0.2, 0) is 5.41 Å². The Labute approximate surface area is 268 Å². The van der Waals surface area contributed by atoms with Crippen molar-refractivity contribution in [2.24, 2.45) is 5.92 Å². The van der Waals surface area contributed by atoms with Crippen molar-refractivity contribution in [2.45, 2.75) is 51.4 Å². The maximum Gasteiger partial charge on any atom is 0.0991 e. The second kappa shape index (κ2) is 15.3. The van der Waals surface area contributed by atoms with Gasteiger partial charge in [0.15, 0.2) is 0 Å². The molecule has 5 aromatic rings. The SMILES string of the molecule is CCCCC(CC)CC(c1ccc(C#N)cc1)(c1ccc(C#Cc2ccncc2)cc1)c1ccc(C#Cc2ccncc2)cc1. The number of unbranched alkanes of at least 4 members (excludes halogenated alkanes) is 1. The summed E-state index contributed by atoms with van der Waals surface area (Å²) in [6.07, 6.45) is 12.7. The molecule has 0 aliphatic carbocycles. The minimum absolute atomic E-state index is 0.420. The van der Waals surface area contributed by atoms with Crippen LogP contribution in [0.25, 0.3) is 0 Å². The largest absolute Gasteiger partial charge is 0.265 e. The van der Waals surface area contributed by atoms with Crippen LogP contribution in [-0.4, -0.2) is 9.97 Å². The molecule has 0 saturated carbocycles. The van der Waals surface area contributed by atoms with Crippen LogP contribution in [0.2, 0.25) is 0 Å². The quantitative estimate of drug-likeness (QED) is 0.128. The van der Waals surface area contributed by atoms with Crippen molar-refractivity contribution in [3.63, 3.8) is 0 Å². The summed E-state index contributed by atoms with van der Waals surface area (Å²) in [7, 11) is 0. The first-order chi connectivity index (χ1) is 22.1. The first kappa shape index (κ1) is 31.0. The van der Waals surface area contributed by atoms with Gasteiger partial charge in [-0.05, 0) is 89.7 Å². The molecule has 1 unspecified atom stereocenters. The van der Waals surface area contributed by atoms with Gasteiger partial charge in [-0.15, -0.1) is 0 Å². The summed E-state index contributed by atoms with van der Waals surface area (Å²) >= 11 is 0. The molecule has 5 rings (SSSR count). The average Bonchev–Trinajstić information content (AvgIpc) is 3.12. The van der Waals surface area contributed by atoms with Crippen LogP contribution in [0.3, 0.4) is 0 Å². The molecule has 0 aliphatic rings. The fourth-order valence-electron chi connectivity index (χ4n) is 5.89. The van der Waals surface area contributed by atoms with Crippen molar-refractivity contribution in [3.05, 3.63) is 166 Å². The number of benzene rings is 3. The normalized spacial score (nSPS) is 11.3. The molecule has 2 heterocycles. The maximum absolute atomic E-state index is 9.59. The standard InChI is InChI=1S/C42H37N3/c1-3-5-6-33(4-2)31-42(41-21-15-38(32-43)16-22-41,39-17-11-34(12-18-39)7-9-36-23-27-44-28-24-36)40-19-13-35(14-20-40)8-10-37-25-29-45-30-26-37/h11-30,33H,3-6,31H2,1-2H3. The lowest BCUT2D eigenvalue weighted by Gasteiger charge is -2.39. The van der Waals surface area contributed by atoms with E-state index in [-0.39, 0.29) is 0 Å². The van der Waals surface area contributed by atoms with E-state index in [0.29, 0.717) is 11.5 Å². The second-order valence-electron chi connectivity index (χ2n) is 11.3. The van der Waals surface area contributed by atoms with E-state index in [4.69, 9.17) is 0 Å². The van der Waals surface area contributed by atoms with Crippen LogP contribution in [0.1, 0.15) is 90.5 Å². The predicted octanol–water partition coefficient (Wildman–Crippen LogP) is 9.09. The lowest BCUT2D eigenvalue weighted by molar-refractivity contribution is 0.359. The van der Waals surface area contributed by atoms with Crippen molar-refractivity contribution >= 4 is 0 Å². The minimum atomic E-state index is -0.420. The minimum Gasteiger partial charge on any atom is -0.265 e. The lowest BCUT2D eigenvalue weighted by atomic mass is 9.64. The molecular formula is C42H37N3. The molecule has 1 atom stereocenters. The molecule has 2 aromatic heterocycles. The van der Waals surface area contributed by atoms with Crippen LogP contribution in [0.5, 0.6) is 0 Å². The zero-order valence-corrected chi connectivity index (χ0v) is 26.0. The number of hydrogen-bond acceptors (Lipinski definition) is 3. The van der Waals surface area contributed by atoms with E-state index in [0.717, 1.165) is 35.1 Å². The Bertz CT molecular complexity index is 1730. The van der Waals surface area contributed by atoms with E-state index in [1.165, 1.54) is 36.0 Å². The molecule has 3 aromatic carbocycles. The molecule has 0 radical (unpaired) electrons. The summed E-state index contributed by atoms with van der Waals surface area (Å²) in [5, 5.41) is 9.59. The van der Waals surface area contributed by atoms with Crippen molar-refractivity contribution in [2.75, 3.05) is 0 Å². The summed E-state index contributed by atoms with van der Waals surface area (Å²) in [4.78, 5) is 8.18. The van der Waals surface area contributed by atoms with Gasteiger partial charge >= 0.3 is 0 Å². The third-order valence-electron chi connectivity index (χ3n) is 8.46. The van der Waals surface area contributed by atoms with Gasteiger partial charge in [-0.25, -0.2) is 0 Å². The highest BCUT2D eigenvalue weighted by Crippen LogP contribution is 2.46. The molecule has 220 valence electrons. The highest BCUT2D eigenvalue weighted by atomic mass is 14.6. The molecule has 3 heteroatoms. The third kappa shape index (κ3) is 7.75. The molecule has 0 amide bonds. The Morgan fingerprint density at radius 1 is 0.556 bits per heavy atom. The number of pyridine rings is 2. The number of nitriles is 1. The van der Waals surface area contributed by atoms with Gasteiger partial charge in [-0.3, -0.25) is 9.97 Å². The second-order valence-corrected chi connectivity index (χ2v) is 11.3. The maximum atomic E-state index is 9.59. The zero-order valence-electron chi connectivity index (χ0n) is 26.0. The molecule has 3 nitrogen and oxygen atoms in total. The summed E-state index contributed by atoms with van der Waals surface area (Å²) < 4.78 is 0. The van der Waals surface area contributed by atoms with E-state index in [9.17, 15) is 5.26 Å². The Balaban J connectivity index is 1.63. The topological polar surface area (TPSA) is 49.6 Å². The summed E-state index contributed by atoms with van der Waals surface area (Å²) in [5.41, 5.74) is 7.66. The average molecular weight is 584 g/mol. The van der Waals surface area contributed by atoms with Crippen LogP contribution < -0.4 is 0 Å². The lowest BCUT2D eigenvalue weighted by Crippen LogP contribution is -2.32. The van der Waals surface area contributed by atoms with Crippen LogP contribution in [0, 0.1) is 40.9 Å². The van der Waals surface area contributed by atoms with E-state index in [1.54, 1.807) is 24.8 Å². The molecular weight excluding hydrogens is 546 g/mol. The van der Waals surface area contributed by atoms with Crippen molar-refractivity contribution in [1.82, 2.24) is 9.97 Å². The van der Waals surface area contributed by atoms with Gasteiger partial charge in [0.1, 0.15) is 0 Å². The van der Waals surface area contributed by atoms with Crippen molar-refractivity contribution < 1.29 is 0 Å². The molecule has 0 bridgehead atoms. The first-order valence-electron chi connectivity index (χ1n) is 15.7. The summed E-state index contributed by atoms with van der Waals surface area (Å²) in [5.74, 6) is 13.7. The van der Waals surface area contributed by atoms with Gasteiger partial charge in [0.05, 0.1) is 11.6 Å². The van der Waals surface area contributed by atoms with Crippen LogP contribution in [0.4, 0.5) is 0 Å². The van der Waals surface area contributed by atoms with Crippen molar-refractivity contribution in [1.29, 1.82) is 5.26 Å². The highest BCUT2D eigenvalue weighted by molar-refractivity contribution is 5.55. The monoisotopic (exact) mass is 583 g/mol. The van der Waals surface area contributed by atoms with Crippen molar-refractivity contribution in [3.8, 4) is 29.8 Å². The van der Waals surface area contributed by atoms with E-state index in [1.807, 2.05) is 36.4 Å². The Morgan fingerprint density at radius 3 is 1.29 bits per heavy atom. The van der Waals surface area contributed by atoms with Gasteiger partial charge < -0.3 is 0 Å². The summed E-state index contributed by atoms with van der Waals surface area (Å²) in [6.45, 7) is 4.57.